The van der Waals surface area contributed by atoms with Gasteiger partial charge in [0.15, 0.2) is 0 Å². The Hall–Kier alpha value is -0.690. The van der Waals surface area contributed by atoms with Crippen LogP contribution in [0.4, 0.5) is 0 Å². The van der Waals surface area contributed by atoms with Crippen LogP contribution in [0.25, 0.3) is 0 Å². The highest BCUT2D eigenvalue weighted by molar-refractivity contribution is 7.86. The van der Waals surface area contributed by atoms with E-state index in [1.165, 1.54) is 6.11 Å². The fourth-order valence-electron chi connectivity index (χ4n) is 0.0874. The third-order valence-electron chi connectivity index (χ3n) is 0.199. The van der Waals surface area contributed by atoms with E-state index in [4.69, 9.17) is 0 Å². The molecule has 0 amide bonds. The molecule has 0 saturated heterocycles. The van der Waals surface area contributed by atoms with Gasteiger partial charge < -0.3 is 4.18 Å². The zero-order chi connectivity index (χ0) is 5.91. The molecular weight excluding hydrogens is 116 g/mol. The number of hydrogen-bond donors (Lipinski definition) is 0. The molecule has 0 aromatic rings. The highest BCUT2D eigenvalue weighted by Crippen LogP contribution is 1.79. The van der Waals surface area contributed by atoms with Crippen molar-refractivity contribution in [2.24, 2.45) is 0 Å². The summed E-state index contributed by atoms with van der Waals surface area (Å²) in [5.74, 6) is 0. The van der Waals surface area contributed by atoms with Gasteiger partial charge in [-0.1, -0.05) is 6.42 Å². The molecule has 7 heavy (non-hydrogen) atoms. The van der Waals surface area contributed by atoms with Crippen LogP contribution in [0.5, 0.6) is 0 Å². The Labute approximate surface area is 42.4 Å². The lowest BCUT2D eigenvalue weighted by molar-refractivity contribution is 0.473. The van der Waals surface area contributed by atoms with Crippen LogP contribution in [-0.2, 0) is 14.3 Å². The molecule has 0 atom stereocenters. The van der Waals surface area contributed by atoms with E-state index in [9.17, 15) is 8.42 Å². The molecule has 40 valence electrons. The lowest BCUT2D eigenvalue weighted by atomic mass is 11.3. The van der Waals surface area contributed by atoms with Crippen LogP contribution in [0.1, 0.15) is 0 Å². The topological polar surface area (TPSA) is 43.4 Å². The van der Waals surface area contributed by atoms with Crippen molar-refractivity contribution in [1.29, 1.82) is 0 Å². The molecule has 0 aliphatic rings. The van der Waals surface area contributed by atoms with Crippen molar-refractivity contribution in [3.8, 4) is 12.5 Å². The number of rotatable bonds is 1. The maximum Gasteiger partial charge on any atom is 0.314 e. The summed E-state index contributed by atoms with van der Waals surface area (Å²) in [5, 5.41) is 0. The average Bonchev–Trinajstić information content (AvgIpc) is 1.30. The number of hydrogen-bond acceptors (Lipinski definition) is 3. The van der Waals surface area contributed by atoms with Crippen LogP contribution in [-0.4, -0.2) is 14.7 Å². The third-order valence-corrected chi connectivity index (χ3v) is 0.598. The molecule has 0 aliphatic carbocycles. The summed E-state index contributed by atoms with van der Waals surface area (Å²) in [6.45, 7) is 0. The van der Waals surface area contributed by atoms with E-state index in [0.29, 0.717) is 0 Å². The van der Waals surface area contributed by atoms with Crippen molar-refractivity contribution >= 4 is 10.1 Å². The van der Waals surface area contributed by atoms with Crippen molar-refractivity contribution in [3.63, 3.8) is 0 Å². The molecule has 0 rings (SSSR count). The largest absolute Gasteiger partial charge is 0.328 e. The SMILES string of the molecule is C#COS(C)(=O)=O. The molecule has 0 aromatic carbocycles. The van der Waals surface area contributed by atoms with Crippen molar-refractivity contribution in [1.82, 2.24) is 0 Å². The van der Waals surface area contributed by atoms with Gasteiger partial charge >= 0.3 is 10.1 Å². The van der Waals surface area contributed by atoms with Crippen LogP contribution in [0.15, 0.2) is 0 Å². The molecule has 0 radical (unpaired) electrons. The highest BCUT2D eigenvalue weighted by atomic mass is 32.2. The van der Waals surface area contributed by atoms with Gasteiger partial charge in [0.25, 0.3) is 0 Å². The Morgan fingerprint density at radius 2 is 2.14 bits per heavy atom. The van der Waals surface area contributed by atoms with Crippen molar-refractivity contribution in [2.45, 2.75) is 0 Å². The van der Waals surface area contributed by atoms with E-state index >= 15 is 0 Å². The summed E-state index contributed by atoms with van der Waals surface area (Å²) in [6.07, 6.45) is 6.86. The third kappa shape index (κ3) is 5.31. The maximum atomic E-state index is 9.87. The lowest BCUT2D eigenvalue weighted by Crippen LogP contribution is -1.95. The summed E-state index contributed by atoms with van der Waals surface area (Å²) in [5.41, 5.74) is 0. The summed E-state index contributed by atoms with van der Waals surface area (Å²) in [4.78, 5) is 0. The summed E-state index contributed by atoms with van der Waals surface area (Å²) in [7, 11) is -3.41. The molecule has 0 bridgehead atoms. The second kappa shape index (κ2) is 1.85. The van der Waals surface area contributed by atoms with E-state index in [-0.39, 0.29) is 0 Å². The highest BCUT2D eigenvalue weighted by Gasteiger charge is 1.93. The van der Waals surface area contributed by atoms with Crippen LogP contribution < -0.4 is 0 Å². The Balaban J connectivity index is 3.92. The smallest absolute Gasteiger partial charge is 0.314 e. The molecule has 0 heterocycles. The van der Waals surface area contributed by atoms with Crippen molar-refractivity contribution < 1.29 is 12.6 Å². The first-order chi connectivity index (χ1) is 3.06. The van der Waals surface area contributed by atoms with Gasteiger partial charge in [-0.15, -0.1) is 0 Å². The Kier molecular flexibility index (Phi) is 1.66. The van der Waals surface area contributed by atoms with Gasteiger partial charge in [-0.05, 0) is 0 Å². The quantitative estimate of drug-likeness (QED) is 0.348. The molecule has 0 aromatic heterocycles. The summed E-state index contributed by atoms with van der Waals surface area (Å²) in [6, 6.07) is 0. The first-order valence-corrected chi connectivity index (χ1v) is 3.22. The molecule has 4 heteroatoms. The normalized spacial score (nSPS) is 9.71. The second-order valence-electron chi connectivity index (χ2n) is 0.905. The Morgan fingerprint density at radius 1 is 1.71 bits per heavy atom. The van der Waals surface area contributed by atoms with E-state index < -0.39 is 10.1 Å². The maximum absolute atomic E-state index is 9.87. The van der Waals surface area contributed by atoms with Crippen molar-refractivity contribution in [3.05, 3.63) is 0 Å². The monoisotopic (exact) mass is 120 g/mol. The molecule has 0 unspecified atom stereocenters. The van der Waals surface area contributed by atoms with Crippen LogP contribution in [0, 0.1) is 12.5 Å². The first kappa shape index (κ1) is 6.31. The standard InChI is InChI=1S/C3H4O3S/c1-3-6-7(2,4)5/h1H,2H3. The average molecular weight is 120 g/mol. The minimum Gasteiger partial charge on any atom is -0.328 e. The van der Waals surface area contributed by atoms with Gasteiger partial charge in [0.05, 0.1) is 6.26 Å². The zero-order valence-corrected chi connectivity index (χ0v) is 4.53. The fraction of sp³-hybridized carbons (Fsp3) is 0.333. The summed E-state index contributed by atoms with van der Waals surface area (Å²) < 4.78 is 23.5. The van der Waals surface area contributed by atoms with E-state index in [1.807, 2.05) is 0 Å². The predicted molar refractivity (Wildman–Crippen MR) is 24.8 cm³/mol. The van der Waals surface area contributed by atoms with E-state index in [2.05, 4.69) is 10.6 Å². The molecular formula is C3H4O3S. The predicted octanol–water partition coefficient (Wildman–Crippen LogP) is -0.447. The Bertz CT molecular complexity index is 171. The van der Waals surface area contributed by atoms with Gasteiger partial charge in [-0.2, -0.15) is 8.42 Å². The molecule has 0 saturated carbocycles. The zero-order valence-electron chi connectivity index (χ0n) is 3.71. The molecule has 0 spiro atoms. The molecule has 0 N–H and O–H groups in total. The Morgan fingerprint density at radius 3 is 2.14 bits per heavy atom. The van der Waals surface area contributed by atoms with Gasteiger partial charge in [-0.3, -0.25) is 0 Å². The van der Waals surface area contributed by atoms with Crippen LogP contribution >= 0.6 is 0 Å². The molecule has 0 fully saturated rings. The van der Waals surface area contributed by atoms with Gasteiger partial charge in [0.2, 0.25) is 0 Å². The van der Waals surface area contributed by atoms with Gasteiger partial charge in [0, 0.05) is 0 Å². The van der Waals surface area contributed by atoms with Crippen LogP contribution in [0.3, 0.4) is 0 Å². The second-order valence-corrected chi connectivity index (χ2v) is 2.48. The summed E-state index contributed by atoms with van der Waals surface area (Å²) >= 11 is 0. The lowest BCUT2D eigenvalue weighted by Gasteiger charge is -1.85. The molecule has 3 nitrogen and oxygen atoms in total. The molecule has 0 aliphatic heterocycles. The van der Waals surface area contributed by atoms with Gasteiger partial charge in [-0.25, -0.2) is 0 Å². The van der Waals surface area contributed by atoms with E-state index in [1.54, 1.807) is 0 Å². The minimum absolute atomic E-state index is 0.882. The van der Waals surface area contributed by atoms with Crippen molar-refractivity contribution in [2.75, 3.05) is 6.26 Å². The van der Waals surface area contributed by atoms with Crippen LogP contribution in [0.2, 0.25) is 0 Å². The van der Waals surface area contributed by atoms with E-state index in [0.717, 1.165) is 6.26 Å². The van der Waals surface area contributed by atoms with Gasteiger partial charge in [0.1, 0.15) is 6.11 Å². The fourth-order valence-corrected chi connectivity index (χ4v) is 0.262. The minimum atomic E-state index is -3.41. The number of terminal acetylenes is 1. The first-order valence-electron chi connectivity index (χ1n) is 1.40.